The van der Waals surface area contributed by atoms with Crippen LogP contribution in [0.15, 0.2) is 35.8 Å². The van der Waals surface area contributed by atoms with E-state index in [1.165, 1.54) is 23.8 Å². The number of thiocarbonyl (C=S) groups is 1. The molecule has 0 unspecified atom stereocenters. The van der Waals surface area contributed by atoms with Gasteiger partial charge in [0.1, 0.15) is 4.32 Å². The number of carboxylic acids is 1. The molecule has 1 aromatic carbocycles. The van der Waals surface area contributed by atoms with Crippen LogP contribution < -0.4 is 9.47 Å². The quantitative estimate of drug-likeness (QED) is 0.452. The molecular weight excluding hydrogens is 350 g/mol. The number of thioether (sulfide) groups is 1. The lowest BCUT2D eigenvalue weighted by Crippen LogP contribution is -2.27. The summed E-state index contributed by atoms with van der Waals surface area (Å²) in [5.41, 5.74) is 0.716. The van der Waals surface area contributed by atoms with Crippen molar-refractivity contribution in [2.75, 3.05) is 20.3 Å². The fraction of sp³-hybridized carbons (Fsp3) is 0.188. The zero-order chi connectivity index (χ0) is 17.7. The number of methoxy groups -OCH3 is 1. The van der Waals surface area contributed by atoms with Crippen molar-refractivity contribution in [1.29, 1.82) is 0 Å². The molecule has 1 aliphatic heterocycles. The Balaban J connectivity index is 2.23. The lowest BCUT2D eigenvalue weighted by atomic mass is 10.2. The molecular formula is C16H15NO5S2. The molecule has 0 saturated carbocycles. The number of nitrogens with zero attached hydrogens (tertiary/aromatic N) is 1. The van der Waals surface area contributed by atoms with Crippen LogP contribution in [0.3, 0.4) is 0 Å². The number of carboxylic acid groups (broad SMARTS) is 1. The predicted octanol–water partition coefficient (Wildman–Crippen LogP) is 2.55. The molecule has 0 atom stereocenters. The SMILES string of the molecule is C=CCN1C(=O)C(=Cc2ccc(OCC(=O)O)c(OC)c2)SC1=S. The minimum Gasteiger partial charge on any atom is -0.493 e. The van der Waals surface area contributed by atoms with Gasteiger partial charge in [-0.05, 0) is 23.8 Å². The molecule has 0 bridgehead atoms. The van der Waals surface area contributed by atoms with E-state index in [1.54, 1.807) is 30.4 Å². The molecule has 126 valence electrons. The molecule has 1 N–H and O–H groups in total. The molecule has 0 radical (unpaired) electrons. The second-order valence-electron chi connectivity index (χ2n) is 4.67. The molecule has 24 heavy (non-hydrogen) atoms. The molecule has 1 heterocycles. The average Bonchev–Trinajstić information content (AvgIpc) is 2.81. The van der Waals surface area contributed by atoms with Gasteiger partial charge in [0.05, 0.1) is 12.0 Å². The average molecular weight is 365 g/mol. The van der Waals surface area contributed by atoms with Gasteiger partial charge in [0.25, 0.3) is 5.91 Å². The van der Waals surface area contributed by atoms with Gasteiger partial charge in [0.2, 0.25) is 0 Å². The third kappa shape index (κ3) is 4.15. The lowest BCUT2D eigenvalue weighted by Gasteiger charge is -2.10. The topological polar surface area (TPSA) is 76.1 Å². The van der Waals surface area contributed by atoms with Crippen LogP contribution in [0.1, 0.15) is 5.56 Å². The van der Waals surface area contributed by atoms with Crippen molar-refractivity contribution in [2.45, 2.75) is 0 Å². The van der Waals surface area contributed by atoms with Crippen LogP contribution in [0.2, 0.25) is 0 Å². The maximum absolute atomic E-state index is 12.3. The number of carbonyl (C=O) groups is 2. The van der Waals surface area contributed by atoms with Gasteiger partial charge < -0.3 is 14.6 Å². The number of aliphatic carboxylic acids is 1. The monoisotopic (exact) mass is 365 g/mol. The van der Waals surface area contributed by atoms with E-state index in [4.69, 9.17) is 26.8 Å². The number of hydrogen-bond acceptors (Lipinski definition) is 6. The van der Waals surface area contributed by atoms with Crippen molar-refractivity contribution >= 4 is 46.3 Å². The first-order valence-electron chi connectivity index (χ1n) is 6.85. The number of ether oxygens (including phenoxy) is 2. The van der Waals surface area contributed by atoms with Crippen molar-refractivity contribution in [3.8, 4) is 11.5 Å². The number of hydrogen-bond donors (Lipinski definition) is 1. The van der Waals surface area contributed by atoms with Crippen molar-refractivity contribution < 1.29 is 24.2 Å². The first-order chi connectivity index (χ1) is 11.5. The molecule has 0 spiro atoms. The molecule has 1 fully saturated rings. The normalized spacial score (nSPS) is 15.7. The standard InChI is InChI=1S/C16H15NO5S2/c1-3-6-17-15(20)13(24-16(17)23)8-10-4-5-11(12(7-10)21-2)22-9-14(18)19/h3-5,7-8H,1,6,9H2,2H3,(H,18,19). The third-order valence-electron chi connectivity index (χ3n) is 3.02. The molecule has 1 aromatic rings. The van der Waals surface area contributed by atoms with Gasteiger partial charge in [-0.1, -0.05) is 36.1 Å². The summed E-state index contributed by atoms with van der Waals surface area (Å²) in [7, 11) is 1.45. The van der Waals surface area contributed by atoms with Gasteiger partial charge in [0.15, 0.2) is 18.1 Å². The summed E-state index contributed by atoms with van der Waals surface area (Å²) in [6.45, 7) is 3.52. The highest BCUT2D eigenvalue weighted by atomic mass is 32.2. The van der Waals surface area contributed by atoms with E-state index in [1.807, 2.05) is 0 Å². The first kappa shape index (κ1) is 18.0. The third-order valence-corrected chi connectivity index (χ3v) is 4.40. The van der Waals surface area contributed by atoms with E-state index in [9.17, 15) is 9.59 Å². The summed E-state index contributed by atoms with van der Waals surface area (Å²) in [4.78, 5) is 24.8. The van der Waals surface area contributed by atoms with Crippen molar-refractivity contribution in [3.63, 3.8) is 0 Å². The second kappa shape index (κ2) is 7.98. The maximum Gasteiger partial charge on any atom is 0.341 e. The summed E-state index contributed by atoms with van der Waals surface area (Å²) < 4.78 is 10.8. The van der Waals surface area contributed by atoms with Gasteiger partial charge in [-0.15, -0.1) is 6.58 Å². The Bertz CT molecular complexity index is 729. The molecule has 1 saturated heterocycles. The van der Waals surface area contributed by atoms with Crippen LogP contribution in [-0.2, 0) is 9.59 Å². The number of amides is 1. The second-order valence-corrected chi connectivity index (χ2v) is 6.35. The Kier molecular flexibility index (Phi) is 5.99. The molecule has 1 aliphatic rings. The molecule has 2 rings (SSSR count). The zero-order valence-corrected chi connectivity index (χ0v) is 14.5. The van der Waals surface area contributed by atoms with Crippen LogP contribution in [0.5, 0.6) is 11.5 Å². The fourth-order valence-corrected chi connectivity index (χ4v) is 3.25. The highest BCUT2D eigenvalue weighted by Crippen LogP contribution is 2.34. The van der Waals surface area contributed by atoms with Gasteiger partial charge in [-0.3, -0.25) is 9.69 Å². The molecule has 1 amide bonds. The number of benzene rings is 1. The maximum atomic E-state index is 12.3. The molecule has 8 heteroatoms. The van der Waals surface area contributed by atoms with Crippen molar-refractivity contribution in [2.24, 2.45) is 0 Å². The molecule has 0 aromatic heterocycles. The van der Waals surface area contributed by atoms with Gasteiger partial charge in [-0.25, -0.2) is 4.79 Å². The highest BCUT2D eigenvalue weighted by molar-refractivity contribution is 8.26. The molecule has 0 aliphatic carbocycles. The van der Waals surface area contributed by atoms with Crippen molar-refractivity contribution in [3.05, 3.63) is 41.3 Å². The smallest absolute Gasteiger partial charge is 0.341 e. The van der Waals surface area contributed by atoms with Crippen molar-refractivity contribution in [1.82, 2.24) is 4.90 Å². The van der Waals surface area contributed by atoms with E-state index < -0.39 is 12.6 Å². The van der Waals surface area contributed by atoms with E-state index >= 15 is 0 Å². The largest absolute Gasteiger partial charge is 0.493 e. The van der Waals surface area contributed by atoms with E-state index in [-0.39, 0.29) is 5.91 Å². The Hall–Kier alpha value is -2.32. The zero-order valence-electron chi connectivity index (χ0n) is 12.9. The Morgan fingerprint density at radius 1 is 1.46 bits per heavy atom. The summed E-state index contributed by atoms with van der Waals surface area (Å²) in [5.74, 6) is -0.551. The summed E-state index contributed by atoms with van der Waals surface area (Å²) in [6.07, 6.45) is 3.32. The van der Waals surface area contributed by atoms with Crippen LogP contribution in [0.25, 0.3) is 6.08 Å². The van der Waals surface area contributed by atoms with Crippen LogP contribution in [-0.4, -0.2) is 46.5 Å². The molecule has 6 nitrogen and oxygen atoms in total. The summed E-state index contributed by atoms with van der Waals surface area (Å²) in [6, 6.07) is 4.97. The minimum atomic E-state index is -1.08. The predicted molar refractivity (Wildman–Crippen MR) is 96.2 cm³/mol. The summed E-state index contributed by atoms with van der Waals surface area (Å²) >= 11 is 6.40. The van der Waals surface area contributed by atoms with E-state index in [0.717, 1.165) is 0 Å². The highest BCUT2D eigenvalue weighted by Gasteiger charge is 2.30. The van der Waals surface area contributed by atoms with E-state index in [2.05, 4.69) is 6.58 Å². The Morgan fingerprint density at radius 3 is 2.83 bits per heavy atom. The van der Waals surface area contributed by atoms with Crippen LogP contribution in [0, 0.1) is 0 Å². The van der Waals surface area contributed by atoms with Crippen LogP contribution in [0.4, 0.5) is 0 Å². The van der Waals surface area contributed by atoms with Gasteiger partial charge in [0, 0.05) is 6.54 Å². The fourth-order valence-electron chi connectivity index (χ4n) is 1.97. The lowest BCUT2D eigenvalue weighted by molar-refractivity contribution is -0.139. The number of rotatable bonds is 7. The first-order valence-corrected chi connectivity index (χ1v) is 8.07. The van der Waals surface area contributed by atoms with E-state index in [0.29, 0.717) is 32.8 Å². The minimum absolute atomic E-state index is 0.171. The Morgan fingerprint density at radius 2 is 2.21 bits per heavy atom. The Labute approximate surface area is 148 Å². The summed E-state index contributed by atoms with van der Waals surface area (Å²) in [5, 5.41) is 8.67. The van der Waals surface area contributed by atoms with Gasteiger partial charge >= 0.3 is 5.97 Å². The van der Waals surface area contributed by atoms with Crippen LogP contribution >= 0.6 is 24.0 Å². The van der Waals surface area contributed by atoms with Gasteiger partial charge in [-0.2, -0.15) is 0 Å². The number of carbonyl (C=O) groups excluding carboxylic acids is 1.